The number of aryl methyl sites for hydroxylation is 1. The first-order valence-corrected chi connectivity index (χ1v) is 7.22. The summed E-state index contributed by atoms with van der Waals surface area (Å²) in [5, 5.41) is 0. The highest BCUT2D eigenvalue weighted by atomic mass is 32.2. The minimum absolute atomic E-state index is 0.0628. The maximum Gasteiger partial charge on any atom is 0.262 e. The number of hydrogen-bond acceptors (Lipinski definition) is 3. The molecule has 2 aromatic carbocycles. The van der Waals surface area contributed by atoms with Gasteiger partial charge in [0.25, 0.3) is 10.0 Å². The van der Waals surface area contributed by atoms with Gasteiger partial charge in [0.2, 0.25) is 0 Å². The molecule has 0 aliphatic rings. The van der Waals surface area contributed by atoms with Gasteiger partial charge in [-0.2, -0.15) is 0 Å². The van der Waals surface area contributed by atoms with Gasteiger partial charge in [0, 0.05) is 5.69 Å². The summed E-state index contributed by atoms with van der Waals surface area (Å²) >= 11 is 0. The Bertz CT molecular complexity index is 787. The van der Waals surface area contributed by atoms with E-state index >= 15 is 0 Å². The summed E-state index contributed by atoms with van der Waals surface area (Å²) in [6.45, 7) is 1.35. The van der Waals surface area contributed by atoms with E-state index in [1.807, 2.05) is 0 Å². The molecule has 0 aliphatic carbocycles. The summed E-state index contributed by atoms with van der Waals surface area (Å²) in [4.78, 5) is -0.527. The van der Waals surface area contributed by atoms with Crippen LogP contribution in [0.3, 0.4) is 0 Å². The van der Waals surface area contributed by atoms with Gasteiger partial charge in [-0.3, -0.25) is 4.72 Å². The normalized spacial score (nSPS) is 11.4. The summed E-state index contributed by atoms with van der Waals surface area (Å²) in [6.07, 6.45) is 0. The lowest BCUT2D eigenvalue weighted by molar-refractivity contribution is 0.578. The number of rotatable bonds is 3. The minimum Gasteiger partial charge on any atom is -0.399 e. The Kier molecular flexibility index (Phi) is 3.82. The van der Waals surface area contributed by atoms with E-state index in [9.17, 15) is 21.6 Å². The van der Waals surface area contributed by atoms with E-state index in [4.69, 9.17) is 5.73 Å². The van der Waals surface area contributed by atoms with Crippen LogP contribution < -0.4 is 10.5 Å². The Hall–Kier alpha value is -2.22. The maximum absolute atomic E-state index is 13.8. The van der Waals surface area contributed by atoms with Crippen molar-refractivity contribution in [3.63, 3.8) is 0 Å². The molecule has 0 spiro atoms. The third kappa shape index (κ3) is 3.10. The molecule has 0 saturated heterocycles. The van der Waals surface area contributed by atoms with Crippen LogP contribution >= 0.6 is 0 Å². The Morgan fingerprint density at radius 2 is 1.76 bits per heavy atom. The molecular weight excluding hydrogens is 305 g/mol. The van der Waals surface area contributed by atoms with E-state index in [0.29, 0.717) is 6.07 Å². The first kappa shape index (κ1) is 15.2. The van der Waals surface area contributed by atoms with Gasteiger partial charge in [0.05, 0.1) is 4.90 Å². The Morgan fingerprint density at radius 1 is 1.10 bits per heavy atom. The molecule has 8 heteroatoms. The van der Waals surface area contributed by atoms with Gasteiger partial charge in [0.15, 0.2) is 5.82 Å². The van der Waals surface area contributed by atoms with Crippen LogP contribution in [0.2, 0.25) is 0 Å². The Balaban J connectivity index is 2.50. The molecule has 0 bridgehead atoms. The lowest BCUT2D eigenvalue weighted by Crippen LogP contribution is -2.16. The van der Waals surface area contributed by atoms with Crippen LogP contribution in [-0.4, -0.2) is 8.42 Å². The molecule has 2 rings (SSSR count). The van der Waals surface area contributed by atoms with Gasteiger partial charge in [-0.15, -0.1) is 0 Å². The number of halogens is 3. The van der Waals surface area contributed by atoms with E-state index < -0.39 is 38.1 Å². The average molecular weight is 316 g/mol. The van der Waals surface area contributed by atoms with Crippen molar-refractivity contribution in [1.82, 2.24) is 0 Å². The molecule has 0 amide bonds. The van der Waals surface area contributed by atoms with Crippen molar-refractivity contribution in [3.8, 4) is 0 Å². The third-order valence-electron chi connectivity index (χ3n) is 2.72. The largest absolute Gasteiger partial charge is 0.399 e. The number of sulfonamides is 1. The molecule has 2 aromatic rings. The second kappa shape index (κ2) is 5.28. The standard InChI is InChI=1S/C13H11F3N2O2S/c1-7-2-3-11(15)13(12(7)16)18-21(19,20)10-5-8(14)4-9(17)6-10/h2-6,18H,17H2,1H3. The van der Waals surface area contributed by atoms with E-state index in [2.05, 4.69) is 0 Å². The van der Waals surface area contributed by atoms with Gasteiger partial charge in [-0.05, 0) is 36.8 Å². The summed E-state index contributed by atoms with van der Waals surface area (Å²) in [6, 6.07) is 4.70. The molecule has 0 aromatic heterocycles. The predicted octanol–water partition coefficient (Wildman–Crippen LogP) is 2.80. The average Bonchev–Trinajstić information content (AvgIpc) is 2.38. The molecule has 0 radical (unpaired) electrons. The van der Waals surface area contributed by atoms with Gasteiger partial charge in [0.1, 0.15) is 17.3 Å². The smallest absolute Gasteiger partial charge is 0.262 e. The minimum atomic E-state index is -4.37. The zero-order valence-corrected chi connectivity index (χ0v) is 11.6. The number of benzene rings is 2. The fourth-order valence-electron chi connectivity index (χ4n) is 1.68. The second-order valence-corrected chi connectivity index (χ2v) is 6.06. The predicted molar refractivity (Wildman–Crippen MR) is 72.7 cm³/mol. The highest BCUT2D eigenvalue weighted by Gasteiger charge is 2.21. The van der Waals surface area contributed by atoms with Crippen molar-refractivity contribution < 1.29 is 21.6 Å². The fourth-order valence-corrected chi connectivity index (χ4v) is 2.82. The van der Waals surface area contributed by atoms with Gasteiger partial charge in [-0.1, -0.05) is 6.07 Å². The van der Waals surface area contributed by atoms with Crippen molar-refractivity contribution in [2.75, 3.05) is 10.5 Å². The van der Waals surface area contributed by atoms with E-state index in [-0.39, 0.29) is 11.3 Å². The lowest BCUT2D eigenvalue weighted by Gasteiger charge is -2.11. The van der Waals surface area contributed by atoms with Crippen LogP contribution in [0, 0.1) is 24.4 Å². The molecule has 0 unspecified atom stereocenters. The highest BCUT2D eigenvalue weighted by molar-refractivity contribution is 7.92. The van der Waals surface area contributed by atoms with Gasteiger partial charge in [-0.25, -0.2) is 21.6 Å². The number of nitrogen functional groups attached to an aromatic ring is 1. The van der Waals surface area contributed by atoms with E-state index in [1.54, 1.807) is 4.72 Å². The van der Waals surface area contributed by atoms with Crippen LogP contribution in [0.25, 0.3) is 0 Å². The molecule has 112 valence electrons. The van der Waals surface area contributed by atoms with Crippen LogP contribution in [0.5, 0.6) is 0 Å². The van der Waals surface area contributed by atoms with Crippen molar-refractivity contribution in [2.45, 2.75) is 11.8 Å². The molecule has 0 fully saturated rings. The Labute approximate surface area is 119 Å². The second-order valence-electron chi connectivity index (χ2n) is 4.38. The molecule has 0 aliphatic heterocycles. The van der Waals surface area contributed by atoms with E-state index in [1.165, 1.54) is 13.0 Å². The fraction of sp³-hybridized carbons (Fsp3) is 0.0769. The molecule has 0 heterocycles. The van der Waals surface area contributed by atoms with Crippen LogP contribution in [0.15, 0.2) is 35.2 Å². The summed E-state index contributed by atoms with van der Waals surface area (Å²) in [5.41, 5.74) is 4.47. The van der Waals surface area contributed by atoms with Crippen LogP contribution in [-0.2, 0) is 10.0 Å². The first-order valence-electron chi connectivity index (χ1n) is 5.74. The molecule has 0 saturated carbocycles. The number of nitrogens with two attached hydrogens (primary N) is 1. The van der Waals surface area contributed by atoms with Crippen molar-refractivity contribution >= 4 is 21.4 Å². The quantitative estimate of drug-likeness (QED) is 0.855. The lowest BCUT2D eigenvalue weighted by atomic mass is 10.2. The highest BCUT2D eigenvalue weighted by Crippen LogP contribution is 2.25. The zero-order chi connectivity index (χ0) is 15.8. The number of anilines is 2. The van der Waals surface area contributed by atoms with Crippen molar-refractivity contribution in [1.29, 1.82) is 0 Å². The van der Waals surface area contributed by atoms with Crippen molar-refractivity contribution in [3.05, 3.63) is 53.3 Å². The van der Waals surface area contributed by atoms with E-state index in [0.717, 1.165) is 18.2 Å². The number of hydrogen-bond donors (Lipinski definition) is 2. The topological polar surface area (TPSA) is 72.2 Å². The number of nitrogens with one attached hydrogen (secondary N) is 1. The molecular formula is C13H11F3N2O2S. The summed E-state index contributed by atoms with van der Waals surface area (Å²) < 4.78 is 66.4. The van der Waals surface area contributed by atoms with Gasteiger partial charge < -0.3 is 5.73 Å². The summed E-state index contributed by atoms with van der Waals surface area (Å²) in [5.74, 6) is -2.99. The molecule has 3 N–H and O–H groups in total. The van der Waals surface area contributed by atoms with Gasteiger partial charge >= 0.3 is 0 Å². The molecule has 4 nitrogen and oxygen atoms in total. The molecule has 0 atom stereocenters. The molecule has 21 heavy (non-hydrogen) atoms. The Morgan fingerprint density at radius 3 is 2.38 bits per heavy atom. The maximum atomic E-state index is 13.8. The third-order valence-corrected chi connectivity index (χ3v) is 4.05. The first-order chi connectivity index (χ1) is 9.70. The summed E-state index contributed by atoms with van der Waals surface area (Å²) in [7, 11) is -4.37. The SMILES string of the molecule is Cc1ccc(F)c(NS(=O)(=O)c2cc(N)cc(F)c2)c1F. The monoisotopic (exact) mass is 316 g/mol. The van der Waals surface area contributed by atoms with Crippen LogP contribution in [0.1, 0.15) is 5.56 Å². The van der Waals surface area contributed by atoms with Crippen LogP contribution in [0.4, 0.5) is 24.5 Å². The van der Waals surface area contributed by atoms with Crippen molar-refractivity contribution in [2.24, 2.45) is 0 Å². The zero-order valence-electron chi connectivity index (χ0n) is 10.8.